The van der Waals surface area contributed by atoms with Crippen LogP contribution in [-0.2, 0) is 19.6 Å². The number of carbonyl (C=O) groups excluding carboxylic acids is 2. The van der Waals surface area contributed by atoms with Crippen LogP contribution in [0, 0.1) is 13.8 Å². The summed E-state index contributed by atoms with van der Waals surface area (Å²) in [7, 11) is -4.17. The second-order valence-corrected chi connectivity index (χ2v) is 7.33. The standard InChI is InChI=1S/C12H19N3O6S/c1-7-10(8(2)21-14-7)13-9(16)6-22(18,19)15-11(17)20-12(3,4)5/h6H2,1-5H3,(H,13,16)(H,15,17). The highest BCUT2D eigenvalue weighted by Crippen LogP contribution is 2.18. The number of hydrogen-bond donors (Lipinski definition) is 2. The SMILES string of the molecule is Cc1noc(C)c1NC(=O)CS(=O)(=O)NC(=O)OC(C)(C)C. The number of aromatic nitrogens is 1. The lowest BCUT2D eigenvalue weighted by atomic mass is 10.2. The fourth-order valence-corrected chi connectivity index (χ4v) is 2.26. The van der Waals surface area contributed by atoms with Crippen LogP contribution in [-0.4, -0.2) is 36.9 Å². The van der Waals surface area contributed by atoms with Gasteiger partial charge in [0.2, 0.25) is 15.9 Å². The highest BCUT2D eigenvalue weighted by atomic mass is 32.2. The molecule has 1 heterocycles. The topological polar surface area (TPSA) is 128 Å². The van der Waals surface area contributed by atoms with Gasteiger partial charge in [0.05, 0.1) is 0 Å². The van der Waals surface area contributed by atoms with Gasteiger partial charge < -0.3 is 14.6 Å². The summed E-state index contributed by atoms with van der Waals surface area (Å²) >= 11 is 0. The molecule has 0 aliphatic carbocycles. The van der Waals surface area contributed by atoms with Gasteiger partial charge in [-0.25, -0.2) is 17.9 Å². The maximum Gasteiger partial charge on any atom is 0.421 e. The number of nitrogens with one attached hydrogen (secondary N) is 2. The maximum absolute atomic E-state index is 11.7. The second-order valence-electron chi connectivity index (χ2n) is 5.61. The highest BCUT2D eigenvalue weighted by molar-refractivity contribution is 7.90. The van der Waals surface area contributed by atoms with Gasteiger partial charge >= 0.3 is 6.09 Å². The zero-order valence-corrected chi connectivity index (χ0v) is 13.8. The Bertz CT molecular complexity index is 652. The Morgan fingerprint density at radius 3 is 2.32 bits per heavy atom. The van der Waals surface area contributed by atoms with E-state index in [4.69, 9.17) is 9.26 Å². The first-order valence-electron chi connectivity index (χ1n) is 6.36. The Hall–Kier alpha value is -2.10. The van der Waals surface area contributed by atoms with Crippen molar-refractivity contribution in [2.45, 2.75) is 40.2 Å². The summed E-state index contributed by atoms with van der Waals surface area (Å²) in [6.07, 6.45) is -1.14. The van der Waals surface area contributed by atoms with E-state index in [-0.39, 0.29) is 0 Å². The number of carbonyl (C=O) groups is 2. The summed E-state index contributed by atoms with van der Waals surface area (Å²) in [4.78, 5) is 23.2. The largest absolute Gasteiger partial charge is 0.443 e. The number of hydrogen-bond acceptors (Lipinski definition) is 7. The van der Waals surface area contributed by atoms with Gasteiger partial charge in [-0.1, -0.05) is 5.16 Å². The lowest BCUT2D eigenvalue weighted by Crippen LogP contribution is -2.40. The predicted molar refractivity (Wildman–Crippen MR) is 77.8 cm³/mol. The van der Waals surface area contributed by atoms with Gasteiger partial charge in [0.15, 0.2) is 5.76 Å². The fourth-order valence-electron chi connectivity index (χ4n) is 1.47. The van der Waals surface area contributed by atoms with Crippen LogP contribution >= 0.6 is 0 Å². The summed E-state index contributed by atoms with van der Waals surface area (Å²) in [5, 5.41) is 6.00. The summed E-state index contributed by atoms with van der Waals surface area (Å²) < 4.78 is 34.8. The van der Waals surface area contributed by atoms with Gasteiger partial charge in [-0.3, -0.25) is 4.79 Å². The molecule has 10 heteroatoms. The Kier molecular flexibility index (Phi) is 5.17. The van der Waals surface area contributed by atoms with E-state index in [0.717, 1.165) is 0 Å². The van der Waals surface area contributed by atoms with E-state index in [2.05, 4.69) is 10.5 Å². The Labute approximate surface area is 128 Å². The Morgan fingerprint density at radius 1 is 1.27 bits per heavy atom. The zero-order chi connectivity index (χ0) is 17.1. The third-order valence-corrected chi connectivity index (χ3v) is 3.38. The molecule has 2 amide bonds. The van der Waals surface area contributed by atoms with Crippen LogP contribution in [0.25, 0.3) is 0 Å². The third-order valence-electron chi connectivity index (χ3n) is 2.26. The van der Waals surface area contributed by atoms with Crippen molar-refractivity contribution in [2.75, 3.05) is 11.1 Å². The van der Waals surface area contributed by atoms with Crippen LogP contribution in [0.1, 0.15) is 32.2 Å². The molecule has 0 atom stereocenters. The van der Waals surface area contributed by atoms with Gasteiger partial charge in [0, 0.05) is 0 Å². The van der Waals surface area contributed by atoms with Crippen molar-refractivity contribution in [2.24, 2.45) is 0 Å². The van der Waals surface area contributed by atoms with Crippen LogP contribution in [0.3, 0.4) is 0 Å². The molecule has 0 aliphatic rings. The fraction of sp³-hybridized carbons (Fsp3) is 0.583. The third kappa shape index (κ3) is 5.72. The summed E-state index contributed by atoms with van der Waals surface area (Å²) in [5.74, 6) is -1.41. The molecular formula is C12H19N3O6S. The van der Waals surface area contributed by atoms with E-state index in [0.29, 0.717) is 17.1 Å². The van der Waals surface area contributed by atoms with E-state index < -0.39 is 33.4 Å². The minimum absolute atomic E-state index is 0.303. The van der Waals surface area contributed by atoms with Crippen molar-refractivity contribution in [3.05, 3.63) is 11.5 Å². The van der Waals surface area contributed by atoms with Gasteiger partial charge in [0.1, 0.15) is 22.7 Å². The van der Waals surface area contributed by atoms with Crippen molar-refractivity contribution in [3.63, 3.8) is 0 Å². The smallest absolute Gasteiger partial charge is 0.421 e. The van der Waals surface area contributed by atoms with Crippen molar-refractivity contribution in [1.82, 2.24) is 9.88 Å². The monoisotopic (exact) mass is 333 g/mol. The highest BCUT2D eigenvalue weighted by Gasteiger charge is 2.24. The van der Waals surface area contributed by atoms with Gasteiger partial charge in [0.25, 0.3) is 0 Å². The zero-order valence-electron chi connectivity index (χ0n) is 13.0. The van der Waals surface area contributed by atoms with Crippen LogP contribution in [0.2, 0.25) is 0 Å². The average molecular weight is 333 g/mol. The van der Waals surface area contributed by atoms with Crippen LogP contribution in [0.5, 0.6) is 0 Å². The molecule has 9 nitrogen and oxygen atoms in total. The van der Waals surface area contributed by atoms with Crippen LogP contribution in [0.15, 0.2) is 4.52 Å². The van der Waals surface area contributed by atoms with E-state index in [9.17, 15) is 18.0 Å². The van der Waals surface area contributed by atoms with Gasteiger partial charge in [-0.15, -0.1) is 0 Å². The number of ether oxygens (including phenoxy) is 1. The van der Waals surface area contributed by atoms with Crippen molar-refractivity contribution >= 4 is 27.7 Å². The Balaban J connectivity index is 2.65. The van der Waals surface area contributed by atoms with Crippen molar-refractivity contribution in [3.8, 4) is 0 Å². The predicted octanol–water partition coefficient (Wildman–Crippen LogP) is 1.08. The van der Waals surface area contributed by atoms with E-state index in [1.54, 1.807) is 39.3 Å². The molecule has 0 aliphatic heterocycles. The molecule has 1 aromatic rings. The van der Waals surface area contributed by atoms with Crippen LogP contribution < -0.4 is 10.0 Å². The molecule has 2 N–H and O–H groups in total. The number of anilines is 1. The van der Waals surface area contributed by atoms with E-state index >= 15 is 0 Å². The molecule has 0 aromatic carbocycles. The first kappa shape index (κ1) is 18.0. The first-order chi connectivity index (χ1) is 9.89. The molecule has 1 rings (SSSR count). The molecule has 0 saturated carbocycles. The molecule has 0 spiro atoms. The van der Waals surface area contributed by atoms with Crippen molar-refractivity contribution in [1.29, 1.82) is 0 Å². The second kappa shape index (κ2) is 6.34. The van der Waals surface area contributed by atoms with Crippen molar-refractivity contribution < 1.29 is 27.3 Å². The van der Waals surface area contributed by atoms with Gasteiger partial charge in [-0.2, -0.15) is 0 Å². The molecule has 0 bridgehead atoms. The number of rotatable bonds is 4. The normalized spacial score (nSPS) is 11.9. The maximum atomic E-state index is 11.7. The minimum atomic E-state index is -4.17. The summed E-state index contributed by atoms with van der Waals surface area (Å²) in [6, 6.07) is 0. The number of nitrogens with zero attached hydrogens (tertiary/aromatic N) is 1. The quantitative estimate of drug-likeness (QED) is 0.844. The molecule has 0 fully saturated rings. The number of sulfonamides is 1. The summed E-state index contributed by atoms with van der Waals surface area (Å²) in [5.41, 5.74) is -0.126. The molecule has 124 valence electrons. The first-order valence-corrected chi connectivity index (χ1v) is 8.01. The molecule has 0 radical (unpaired) electrons. The minimum Gasteiger partial charge on any atom is -0.443 e. The summed E-state index contributed by atoms with van der Waals surface area (Å²) in [6.45, 7) is 7.93. The Morgan fingerprint density at radius 2 is 1.86 bits per heavy atom. The molecule has 0 unspecified atom stereocenters. The van der Waals surface area contributed by atoms with Gasteiger partial charge in [-0.05, 0) is 34.6 Å². The average Bonchev–Trinajstić information content (AvgIpc) is 2.56. The molecular weight excluding hydrogens is 314 g/mol. The lowest BCUT2D eigenvalue weighted by Gasteiger charge is -2.19. The number of amides is 2. The molecule has 1 aromatic heterocycles. The number of aryl methyl sites for hydroxylation is 2. The molecule has 0 saturated heterocycles. The molecule has 22 heavy (non-hydrogen) atoms. The lowest BCUT2D eigenvalue weighted by molar-refractivity contribution is -0.113. The van der Waals surface area contributed by atoms with Crippen LogP contribution in [0.4, 0.5) is 10.5 Å². The van der Waals surface area contributed by atoms with E-state index in [1.807, 2.05) is 0 Å². The van der Waals surface area contributed by atoms with E-state index in [1.165, 1.54) is 0 Å².